The van der Waals surface area contributed by atoms with Crippen LogP contribution in [0.1, 0.15) is 51.4 Å². The molecular formula is C15H30N2O. The summed E-state index contributed by atoms with van der Waals surface area (Å²) < 4.78 is 5.48. The highest BCUT2D eigenvalue weighted by Gasteiger charge is 2.32. The van der Waals surface area contributed by atoms with Crippen molar-refractivity contribution in [2.75, 3.05) is 33.4 Å². The lowest BCUT2D eigenvalue weighted by molar-refractivity contribution is 0.0510. The highest BCUT2D eigenvalue weighted by atomic mass is 16.5. The summed E-state index contributed by atoms with van der Waals surface area (Å²) in [7, 11) is 1.84. The molecule has 2 aliphatic rings. The van der Waals surface area contributed by atoms with Gasteiger partial charge in [0, 0.05) is 25.1 Å². The van der Waals surface area contributed by atoms with Crippen LogP contribution in [0, 0.1) is 5.41 Å². The number of nitrogens with one attached hydrogen (secondary N) is 2. The van der Waals surface area contributed by atoms with E-state index < -0.39 is 0 Å². The normalized spacial score (nSPS) is 25.8. The predicted molar refractivity (Wildman–Crippen MR) is 75.9 cm³/mol. The molecule has 3 heteroatoms. The minimum Gasteiger partial charge on any atom is -0.384 e. The fraction of sp³-hybridized carbons (Fsp3) is 1.00. The van der Waals surface area contributed by atoms with Crippen molar-refractivity contribution in [1.29, 1.82) is 0 Å². The fourth-order valence-electron chi connectivity index (χ4n) is 3.48. The summed E-state index contributed by atoms with van der Waals surface area (Å²) >= 11 is 0. The number of hydrogen-bond donors (Lipinski definition) is 2. The van der Waals surface area contributed by atoms with Crippen LogP contribution in [0.2, 0.25) is 0 Å². The Labute approximate surface area is 112 Å². The Morgan fingerprint density at radius 1 is 1.11 bits per heavy atom. The molecule has 0 spiro atoms. The van der Waals surface area contributed by atoms with Crippen LogP contribution in [0.4, 0.5) is 0 Å². The first kappa shape index (κ1) is 14.3. The number of piperidine rings is 1. The van der Waals surface area contributed by atoms with Gasteiger partial charge in [-0.3, -0.25) is 0 Å². The first-order valence-electron chi connectivity index (χ1n) is 7.78. The maximum atomic E-state index is 5.48. The van der Waals surface area contributed by atoms with E-state index in [1.807, 2.05) is 7.11 Å². The molecule has 0 aromatic rings. The van der Waals surface area contributed by atoms with Gasteiger partial charge in [0.25, 0.3) is 0 Å². The minimum absolute atomic E-state index is 0.381. The Morgan fingerprint density at radius 3 is 2.39 bits per heavy atom. The maximum absolute atomic E-state index is 5.48. The molecule has 1 aliphatic heterocycles. The van der Waals surface area contributed by atoms with Gasteiger partial charge < -0.3 is 15.4 Å². The van der Waals surface area contributed by atoms with E-state index in [0.29, 0.717) is 5.41 Å². The Morgan fingerprint density at radius 2 is 1.78 bits per heavy atom. The van der Waals surface area contributed by atoms with Crippen LogP contribution >= 0.6 is 0 Å². The van der Waals surface area contributed by atoms with E-state index in [9.17, 15) is 0 Å². The van der Waals surface area contributed by atoms with Crippen LogP contribution in [0.5, 0.6) is 0 Å². The van der Waals surface area contributed by atoms with Crippen molar-refractivity contribution in [3.05, 3.63) is 0 Å². The topological polar surface area (TPSA) is 33.3 Å². The van der Waals surface area contributed by atoms with Gasteiger partial charge in [0.05, 0.1) is 6.61 Å². The van der Waals surface area contributed by atoms with Gasteiger partial charge >= 0.3 is 0 Å². The molecule has 2 rings (SSSR count). The third-order valence-electron chi connectivity index (χ3n) is 4.74. The molecule has 1 saturated carbocycles. The number of ether oxygens (including phenoxy) is 1. The predicted octanol–water partition coefficient (Wildman–Crippen LogP) is 2.31. The second-order valence-electron chi connectivity index (χ2n) is 6.25. The standard InChI is InChI=1S/C15H30N2O/c1-18-13-15(8-10-16-11-9-15)12-17-14-6-4-2-3-5-7-14/h14,16-17H,2-13H2,1H3. The highest BCUT2D eigenvalue weighted by molar-refractivity contribution is 4.88. The summed E-state index contributed by atoms with van der Waals surface area (Å²) in [5.74, 6) is 0. The van der Waals surface area contributed by atoms with Crippen molar-refractivity contribution < 1.29 is 4.74 Å². The zero-order chi connectivity index (χ0) is 12.7. The highest BCUT2D eigenvalue weighted by Crippen LogP contribution is 2.29. The summed E-state index contributed by atoms with van der Waals surface area (Å²) in [5.41, 5.74) is 0.381. The summed E-state index contributed by atoms with van der Waals surface area (Å²) in [4.78, 5) is 0. The van der Waals surface area contributed by atoms with Gasteiger partial charge in [-0.2, -0.15) is 0 Å². The van der Waals surface area contributed by atoms with Crippen LogP contribution in [0.15, 0.2) is 0 Å². The van der Waals surface area contributed by atoms with Crippen molar-refractivity contribution >= 4 is 0 Å². The van der Waals surface area contributed by atoms with Crippen LogP contribution < -0.4 is 10.6 Å². The third kappa shape index (κ3) is 4.22. The number of rotatable bonds is 5. The molecule has 0 atom stereocenters. The third-order valence-corrected chi connectivity index (χ3v) is 4.74. The average molecular weight is 254 g/mol. The van der Waals surface area contributed by atoms with Gasteiger partial charge in [0.2, 0.25) is 0 Å². The molecule has 0 radical (unpaired) electrons. The van der Waals surface area contributed by atoms with Gasteiger partial charge in [-0.05, 0) is 38.8 Å². The van der Waals surface area contributed by atoms with Crippen molar-refractivity contribution in [2.45, 2.75) is 57.4 Å². The van der Waals surface area contributed by atoms with Gasteiger partial charge in [-0.15, -0.1) is 0 Å². The van der Waals surface area contributed by atoms with E-state index in [1.165, 1.54) is 51.4 Å². The van der Waals surface area contributed by atoms with Gasteiger partial charge in [-0.1, -0.05) is 25.7 Å². The van der Waals surface area contributed by atoms with Crippen molar-refractivity contribution in [1.82, 2.24) is 10.6 Å². The van der Waals surface area contributed by atoms with E-state index in [1.54, 1.807) is 0 Å². The number of methoxy groups -OCH3 is 1. The van der Waals surface area contributed by atoms with Gasteiger partial charge in [0.1, 0.15) is 0 Å². The summed E-state index contributed by atoms with van der Waals surface area (Å²) in [6, 6.07) is 0.760. The Bertz CT molecular complexity index is 213. The van der Waals surface area contributed by atoms with Gasteiger partial charge in [0.15, 0.2) is 0 Å². The zero-order valence-electron chi connectivity index (χ0n) is 12.0. The molecular weight excluding hydrogens is 224 g/mol. The first-order valence-corrected chi connectivity index (χ1v) is 7.78. The van der Waals surface area contributed by atoms with Crippen molar-refractivity contribution in [3.8, 4) is 0 Å². The fourth-order valence-corrected chi connectivity index (χ4v) is 3.48. The zero-order valence-corrected chi connectivity index (χ0v) is 12.0. The Balaban J connectivity index is 1.80. The summed E-state index contributed by atoms with van der Waals surface area (Å²) in [6.45, 7) is 4.35. The van der Waals surface area contributed by atoms with Crippen LogP contribution in [-0.4, -0.2) is 39.4 Å². The van der Waals surface area contributed by atoms with E-state index in [0.717, 1.165) is 32.3 Å². The molecule has 1 aliphatic carbocycles. The molecule has 0 bridgehead atoms. The molecule has 3 nitrogen and oxygen atoms in total. The molecule has 0 unspecified atom stereocenters. The first-order chi connectivity index (χ1) is 8.85. The second kappa shape index (κ2) is 7.46. The minimum atomic E-state index is 0.381. The Kier molecular flexibility index (Phi) is 5.93. The Hall–Kier alpha value is -0.120. The molecule has 106 valence electrons. The van der Waals surface area contributed by atoms with E-state index in [-0.39, 0.29) is 0 Å². The monoisotopic (exact) mass is 254 g/mol. The van der Waals surface area contributed by atoms with Crippen LogP contribution in [-0.2, 0) is 4.74 Å². The molecule has 2 fully saturated rings. The van der Waals surface area contributed by atoms with Crippen molar-refractivity contribution in [3.63, 3.8) is 0 Å². The number of hydrogen-bond acceptors (Lipinski definition) is 3. The average Bonchev–Trinajstić information content (AvgIpc) is 2.67. The van der Waals surface area contributed by atoms with E-state index in [4.69, 9.17) is 4.74 Å². The molecule has 0 aromatic carbocycles. The van der Waals surface area contributed by atoms with Crippen LogP contribution in [0.25, 0.3) is 0 Å². The lowest BCUT2D eigenvalue weighted by Crippen LogP contribution is -2.48. The molecule has 2 N–H and O–H groups in total. The molecule has 0 amide bonds. The van der Waals surface area contributed by atoms with Crippen molar-refractivity contribution in [2.24, 2.45) is 5.41 Å². The molecule has 1 heterocycles. The lowest BCUT2D eigenvalue weighted by Gasteiger charge is -2.38. The molecule has 0 aromatic heterocycles. The molecule has 18 heavy (non-hydrogen) atoms. The second-order valence-corrected chi connectivity index (χ2v) is 6.25. The van der Waals surface area contributed by atoms with E-state index >= 15 is 0 Å². The lowest BCUT2D eigenvalue weighted by atomic mass is 9.79. The quantitative estimate of drug-likeness (QED) is 0.739. The summed E-state index contributed by atoms with van der Waals surface area (Å²) in [5, 5.41) is 7.31. The van der Waals surface area contributed by atoms with Gasteiger partial charge in [-0.25, -0.2) is 0 Å². The van der Waals surface area contributed by atoms with E-state index in [2.05, 4.69) is 10.6 Å². The maximum Gasteiger partial charge on any atom is 0.0531 e. The van der Waals surface area contributed by atoms with Crippen LogP contribution in [0.3, 0.4) is 0 Å². The summed E-state index contributed by atoms with van der Waals surface area (Å²) in [6.07, 6.45) is 11.0. The smallest absolute Gasteiger partial charge is 0.0531 e. The largest absolute Gasteiger partial charge is 0.384 e. The SMILES string of the molecule is COCC1(CNC2CCCCCC2)CCNCC1. The molecule has 1 saturated heterocycles.